The van der Waals surface area contributed by atoms with Gasteiger partial charge in [0.05, 0.1) is 0 Å². The summed E-state index contributed by atoms with van der Waals surface area (Å²) in [5.41, 5.74) is 3.70. The first-order valence-corrected chi connectivity index (χ1v) is 7.21. The van der Waals surface area contributed by atoms with Gasteiger partial charge in [0.2, 0.25) is 0 Å². The summed E-state index contributed by atoms with van der Waals surface area (Å²) in [5, 5.41) is 5.59. The van der Waals surface area contributed by atoms with Crippen molar-refractivity contribution in [3.05, 3.63) is 70.9 Å². The zero-order valence-electron chi connectivity index (χ0n) is 11.6. The molecular formula is C17H18Cl2N2. The molecule has 0 radical (unpaired) electrons. The molecule has 0 unspecified atom stereocenters. The standard InChI is InChI=1S/C17H17ClN2.ClH/c18-16-7-3-1-5-14(16)11-19-10-9-13-12-20-17-8-4-2-6-15(13)17;/h1-8,12,19-20H,9-11H2;1H. The Labute approximate surface area is 135 Å². The Hall–Kier alpha value is -1.48. The molecule has 0 spiro atoms. The van der Waals surface area contributed by atoms with E-state index in [0.29, 0.717) is 0 Å². The van der Waals surface area contributed by atoms with Crippen LogP contribution in [-0.2, 0) is 13.0 Å². The van der Waals surface area contributed by atoms with Crippen molar-refractivity contribution >= 4 is 34.9 Å². The van der Waals surface area contributed by atoms with Crippen LogP contribution in [0.15, 0.2) is 54.7 Å². The molecule has 2 aromatic carbocycles. The molecule has 3 rings (SSSR count). The first-order valence-electron chi connectivity index (χ1n) is 6.84. The number of rotatable bonds is 5. The lowest BCUT2D eigenvalue weighted by Gasteiger charge is -2.06. The van der Waals surface area contributed by atoms with Crippen LogP contribution in [0.25, 0.3) is 10.9 Å². The highest BCUT2D eigenvalue weighted by Gasteiger charge is 2.03. The number of benzene rings is 2. The highest BCUT2D eigenvalue weighted by atomic mass is 35.5. The van der Waals surface area contributed by atoms with Gasteiger partial charge < -0.3 is 10.3 Å². The maximum absolute atomic E-state index is 6.14. The third-order valence-corrected chi connectivity index (χ3v) is 3.89. The molecule has 0 aliphatic heterocycles. The molecule has 0 amide bonds. The van der Waals surface area contributed by atoms with Crippen molar-refractivity contribution < 1.29 is 0 Å². The Balaban J connectivity index is 0.00000161. The summed E-state index contributed by atoms with van der Waals surface area (Å²) in [7, 11) is 0. The molecule has 0 saturated heterocycles. The molecule has 0 fully saturated rings. The molecule has 4 heteroatoms. The van der Waals surface area contributed by atoms with Crippen LogP contribution < -0.4 is 5.32 Å². The quantitative estimate of drug-likeness (QED) is 0.662. The van der Waals surface area contributed by atoms with Crippen molar-refractivity contribution in [2.24, 2.45) is 0 Å². The van der Waals surface area contributed by atoms with Crippen LogP contribution in [0.1, 0.15) is 11.1 Å². The minimum atomic E-state index is 0. The lowest BCUT2D eigenvalue weighted by molar-refractivity contribution is 0.688. The van der Waals surface area contributed by atoms with Crippen molar-refractivity contribution in [2.45, 2.75) is 13.0 Å². The fraction of sp³-hybridized carbons (Fsp3) is 0.176. The fourth-order valence-corrected chi connectivity index (χ4v) is 2.63. The number of hydrogen-bond donors (Lipinski definition) is 2. The topological polar surface area (TPSA) is 27.8 Å². The molecular weight excluding hydrogens is 303 g/mol. The molecule has 0 saturated carbocycles. The second kappa shape index (κ2) is 7.51. The van der Waals surface area contributed by atoms with Gasteiger partial charge in [-0.15, -0.1) is 12.4 Å². The highest BCUT2D eigenvalue weighted by molar-refractivity contribution is 6.31. The van der Waals surface area contributed by atoms with E-state index in [9.17, 15) is 0 Å². The van der Waals surface area contributed by atoms with Crippen LogP contribution in [0.3, 0.4) is 0 Å². The van der Waals surface area contributed by atoms with Crippen molar-refractivity contribution in [1.29, 1.82) is 0 Å². The normalized spacial score (nSPS) is 10.5. The lowest BCUT2D eigenvalue weighted by Crippen LogP contribution is -2.16. The summed E-state index contributed by atoms with van der Waals surface area (Å²) in [6, 6.07) is 16.4. The van der Waals surface area contributed by atoms with Gasteiger partial charge in [-0.25, -0.2) is 0 Å². The molecule has 1 aromatic heterocycles. The minimum Gasteiger partial charge on any atom is -0.361 e. The van der Waals surface area contributed by atoms with Gasteiger partial charge >= 0.3 is 0 Å². The molecule has 0 bridgehead atoms. The average molecular weight is 321 g/mol. The smallest absolute Gasteiger partial charge is 0.0456 e. The van der Waals surface area contributed by atoms with Crippen LogP contribution in [-0.4, -0.2) is 11.5 Å². The molecule has 2 nitrogen and oxygen atoms in total. The molecule has 3 aromatic rings. The Morgan fingerprint density at radius 3 is 2.57 bits per heavy atom. The SMILES string of the molecule is Cl.Clc1ccccc1CNCCc1c[nH]c2ccccc12. The van der Waals surface area contributed by atoms with Crippen molar-refractivity contribution in [2.75, 3.05) is 6.54 Å². The first kappa shape index (κ1) is 15.9. The number of aromatic amines is 1. The number of aromatic nitrogens is 1. The summed E-state index contributed by atoms with van der Waals surface area (Å²) >= 11 is 6.14. The molecule has 110 valence electrons. The number of hydrogen-bond acceptors (Lipinski definition) is 1. The number of halogens is 2. The van der Waals surface area contributed by atoms with E-state index in [2.05, 4.69) is 46.8 Å². The van der Waals surface area contributed by atoms with E-state index in [1.165, 1.54) is 16.5 Å². The minimum absolute atomic E-state index is 0. The number of nitrogens with one attached hydrogen (secondary N) is 2. The van der Waals surface area contributed by atoms with Crippen LogP contribution >= 0.6 is 24.0 Å². The highest BCUT2D eigenvalue weighted by Crippen LogP contribution is 2.18. The Bertz CT molecular complexity index is 707. The summed E-state index contributed by atoms with van der Waals surface area (Å²) < 4.78 is 0. The van der Waals surface area contributed by atoms with Gasteiger partial charge in [0.1, 0.15) is 0 Å². The molecule has 21 heavy (non-hydrogen) atoms. The monoisotopic (exact) mass is 320 g/mol. The molecule has 0 aliphatic rings. The van der Waals surface area contributed by atoms with Gasteiger partial charge in [-0.3, -0.25) is 0 Å². The summed E-state index contributed by atoms with van der Waals surface area (Å²) in [4.78, 5) is 3.31. The van der Waals surface area contributed by atoms with Crippen LogP contribution in [0.5, 0.6) is 0 Å². The summed E-state index contributed by atoms with van der Waals surface area (Å²) in [5.74, 6) is 0. The van der Waals surface area contributed by atoms with E-state index < -0.39 is 0 Å². The van der Waals surface area contributed by atoms with Gasteiger partial charge in [0, 0.05) is 28.7 Å². The van der Waals surface area contributed by atoms with E-state index in [1.807, 2.05) is 18.2 Å². The summed E-state index contributed by atoms with van der Waals surface area (Å²) in [6.07, 6.45) is 3.11. The van der Waals surface area contributed by atoms with E-state index in [-0.39, 0.29) is 12.4 Å². The van der Waals surface area contributed by atoms with Gasteiger partial charge in [-0.1, -0.05) is 48.0 Å². The van der Waals surface area contributed by atoms with E-state index in [0.717, 1.165) is 30.1 Å². The Morgan fingerprint density at radius 1 is 0.952 bits per heavy atom. The number of fused-ring (bicyclic) bond motifs is 1. The van der Waals surface area contributed by atoms with Gasteiger partial charge in [0.25, 0.3) is 0 Å². The van der Waals surface area contributed by atoms with Crippen molar-refractivity contribution in [3.63, 3.8) is 0 Å². The van der Waals surface area contributed by atoms with Gasteiger partial charge in [0.15, 0.2) is 0 Å². The average Bonchev–Trinajstić information content (AvgIpc) is 2.89. The second-order valence-electron chi connectivity index (χ2n) is 4.88. The maximum Gasteiger partial charge on any atom is 0.0456 e. The Kier molecular flexibility index (Phi) is 5.68. The van der Waals surface area contributed by atoms with E-state index >= 15 is 0 Å². The van der Waals surface area contributed by atoms with Crippen molar-refractivity contribution in [1.82, 2.24) is 10.3 Å². The van der Waals surface area contributed by atoms with Crippen molar-refractivity contribution in [3.8, 4) is 0 Å². The summed E-state index contributed by atoms with van der Waals surface area (Å²) in [6.45, 7) is 1.75. The first-order chi connectivity index (χ1) is 9.84. The Morgan fingerprint density at radius 2 is 1.71 bits per heavy atom. The van der Waals surface area contributed by atoms with Gasteiger partial charge in [-0.2, -0.15) is 0 Å². The largest absolute Gasteiger partial charge is 0.361 e. The molecule has 0 atom stereocenters. The number of H-pyrrole nitrogens is 1. The van der Waals surface area contributed by atoms with Crippen LogP contribution in [0.4, 0.5) is 0 Å². The zero-order chi connectivity index (χ0) is 13.8. The fourth-order valence-electron chi connectivity index (χ4n) is 2.43. The number of para-hydroxylation sites is 1. The van der Waals surface area contributed by atoms with E-state index in [1.54, 1.807) is 0 Å². The maximum atomic E-state index is 6.14. The predicted molar refractivity (Wildman–Crippen MR) is 92.4 cm³/mol. The molecule has 0 aliphatic carbocycles. The predicted octanol–water partition coefficient (Wildman–Crippen LogP) is 4.58. The third-order valence-electron chi connectivity index (χ3n) is 3.52. The van der Waals surface area contributed by atoms with E-state index in [4.69, 9.17) is 11.6 Å². The molecule has 2 N–H and O–H groups in total. The lowest BCUT2D eigenvalue weighted by atomic mass is 10.1. The second-order valence-corrected chi connectivity index (χ2v) is 5.28. The van der Waals surface area contributed by atoms with Gasteiger partial charge in [-0.05, 0) is 36.2 Å². The van der Waals surface area contributed by atoms with Crippen LogP contribution in [0, 0.1) is 0 Å². The van der Waals surface area contributed by atoms with Crippen LogP contribution in [0.2, 0.25) is 5.02 Å². The third kappa shape index (κ3) is 3.79. The zero-order valence-corrected chi connectivity index (χ0v) is 13.2. The molecule has 1 heterocycles.